The van der Waals surface area contributed by atoms with E-state index >= 15 is 0 Å². The molecule has 1 unspecified atom stereocenters. The van der Waals surface area contributed by atoms with Gasteiger partial charge in [0.25, 0.3) is 0 Å². The second kappa shape index (κ2) is 12.2. The molecule has 2 rings (SSSR count). The van der Waals surface area contributed by atoms with Crippen molar-refractivity contribution in [3.63, 3.8) is 0 Å². The van der Waals surface area contributed by atoms with Crippen LogP contribution < -0.4 is 16.0 Å². The van der Waals surface area contributed by atoms with Crippen LogP contribution in [0.15, 0.2) is 35.3 Å². The molecule has 0 bridgehead atoms. The molecule has 1 atom stereocenters. The number of hydrogen-bond acceptors (Lipinski definition) is 4. The molecule has 0 amide bonds. The first-order chi connectivity index (χ1) is 13.7. The Morgan fingerprint density at radius 1 is 1.23 bits per heavy atom. The summed E-state index contributed by atoms with van der Waals surface area (Å²) >= 11 is 0. The molecule has 3 N–H and O–H groups in total. The summed E-state index contributed by atoms with van der Waals surface area (Å²) < 4.78 is 25.6. The van der Waals surface area contributed by atoms with Gasteiger partial charge in [-0.2, -0.15) is 0 Å². The van der Waals surface area contributed by atoms with E-state index in [1.165, 1.54) is 5.56 Å². The van der Waals surface area contributed by atoms with Crippen LogP contribution in [0.25, 0.3) is 0 Å². The van der Waals surface area contributed by atoms with E-state index in [1.54, 1.807) is 18.3 Å². The summed E-state index contributed by atoms with van der Waals surface area (Å²) in [7, 11) is -1.33. The number of benzene rings is 1. The van der Waals surface area contributed by atoms with E-state index in [-0.39, 0.29) is 47.4 Å². The monoisotopic (exact) mass is 551 g/mol. The Labute approximate surface area is 199 Å². The number of nitrogens with zero attached hydrogens (tertiary/aromatic N) is 2. The molecule has 0 spiro atoms. The fourth-order valence-electron chi connectivity index (χ4n) is 3.62. The summed E-state index contributed by atoms with van der Waals surface area (Å²) in [6.45, 7) is 10.0. The Morgan fingerprint density at radius 2 is 1.83 bits per heavy atom. The van der Waals surface area contributed by atoms with Gasteiger partial charge in [0.15, 0.2) is 5.96 Å². The summed E-state index contributed by atoms with van der Waals surface area (Å²) in [6, 6.07) is 10.9. The standard InChI is InChI=1S/C21H37N5O2S.HI/c1-6-29(27,28)26-14-12-19(13-15-26)24-20(22-5)23-16-21(3,4)25-17(2)18-10-8-7-9-11-18;/h7-11,17,19,25H,6,12-16H2,1-5H3,(H2,22,23,24);1H. The highest BCUT2D eigenvalue weighted by Crippen LogP contribution is 2.16. The molecule has 0 aromatic heterocycles. The van der Waals surface area contributed by atoms with Crippen LogP contribution in [0.5, 0.6) is 0 Å². The van der Waals surface area contributed by atoms with Gasteiger partial charge in [-0.3, -0.25) is 4.99 Å². The maximum atomic E-state index is 12.0. The lowest BCUT2D eigenvalue weighted by Crippen LogP contribution is -2.54. The van der Waals surface area contributed by atoms with Gasteiger partial charge in [-0.05, 0) is 46.1 Å². The van der Waals surface area contributed by atoms with Gasteiger partial charge in [-0.15, -0.1) is 24.0 Å². The van der Waals surface area contributed by atoms with E-state index in [2.05, 4.69) is 66.0 Å². The third kappa shape index (κ3) is 8.32. The van der Waals surface area contributed by atoms with Crippen molar-refractivity contribution in [1.29, 1.82) is 0 Å². The third-order valence-corrected chi connectivity index (χ3v) is 7.26. The van der Waals surface area contributed by atoms with E-state index < -0.39 is 10.0 Å². The third-order valence-electron chi connectivity index (χ3n) is 5.38. The molecule has 0 aliphatic carbocycles. The number of hydrogen-bond donors (Lipinski definition) is 3. The zero-order valence-electron chi connectivity index (χ0n) is 18.8. The smallest absolute Gasteiger partial charge is 0.213 e. The second-order valence-electron chi connectivity index (χ2n) is 8.30. The summed E-state index contributed by atoms with van der Waals surface area (Å²) in [5.74, 6) is 0.918. The van der Waals surface area contributed by atoms with Crippen LogP contribution in [0.3, 0.4) is 0 Å². The average molecular weight is 552 g/mol. The Hall–Kier alpha value is -0.910. The predicted molar refractivity (Wildman–Crippen MR) is 136 cm³/mol. The van der Waals surface area contributed by atoms with Crippen LogP contribution in [-0.2, 0) is 10.0 Å². The lowest BCUT2D eigenvalue weighted by Gasteiger charge is -2.34. The zero-order valence-corrected chi connectivity index (χ0v) is 22.0. The van der Waals surface area contributed by atoms with Gasteiger partial charge in [0, 0.05) is 44.3 Å². The molecular formula is C21H38IN5O2S. The molecule has 0 radical (unpaired) electrons. The predicted octanol–water partition coefficient (Wildman–Crippen LogP) is 2.71. The van der Waals surface area contributed by atoms with Gasteiger partial charge in [0.1, 0.15) is 0 Å². The Bertz CT molecular complexity index is 763. The van der Waals surface area contributed by atoms with Crippen LogP contribution >= 0.6 is 24.0 Å². The van der Waals surface area contributed by atoms with Crippen molar-refractivity contribution in [1.82, 2.24) is 20.3 Å². The summed E-state index contributed by atoms with van der Waals surface area (Å²) in [5.41, 5.74) is 1.13. The maximum absolute atomic E-state index is 12.0. The lowest BCUT2D eigenvalue weighted by molar-refractivity contribution is 0.304. The Balaban J connectivity index is 0.00000450. The van der Waals surface area contributed by atoms with Crippen LogP contribution in [0.2, 0.25) is 0 Å². The van der Waals surface area contributed by atoms with Gasteiger partial charge >= 0.3 is 0 Å². The van der Waals surface area contributed by atoms with Crippen LogP contribution in [0.4, 0.5) is 0 Å². The highest BCUT2D eigenvalue weighted by Gasteiger charge is 2.27. The molecule has 1 aromatic carbocycles. The van der Waals surface area contributed by atoms with E-state index in [4.69, 9.17) is 0 Å². The van der Waals surface area contributed by atoms with Crippen molar-refractivity contribution in [3.8, 4) is 0 Å². The first-order valence-corrected chi connectivity index (χ1v) is 12.1. The largest absolute Gasteiger partial charge is 0.355 e. The normalized spacial score (nSPS) is 17.8. The topological polar surface area (TPSA) is 85.8 Å². The molecule has 1 fully saturated rings. The number of aliphatic imine (C=N–C) groups is 1. The lowest BCUT2D eigenvalue weighted by atomic mass is 10.0. The quantitative estimate of drug-likeness (QED) is 0.263. The average Bonchev–Trinajstić information content (AvgIpc) is 2.71. The van der Waals surface area contributed by atoms with Crippen LogP contribution in [0.1, 0.15) is 52.1 Å². The minimum absolute atomic E-state index is 0. The fourth-order valence-corrected chi connectivity index (χ4v) is 4.75. The van der Waals surface area contributed by atoms with Gasteiger partial charge in [-0.25, -0.2) is 12.7 Å². The van der Waals surface area contributed by atoms with Crippen LogP contribution in [0, 0.1) is 0 Å². The van der Waals surface area contributed by atoms with Gasteiger partial charge in [-0.1, -0.05) is 30.3 Å². The minimum Gasteiger partial charge on any atom is -0.355 e. The van der Waals surface area contributed by atoms with Crippen molar-refractivity contribution in [2.24, 2.45) is 4.99 Å². The summed E-state index contributed by atoms with van der Waals surface area (Å²) in [6.07, 6.45) is 1.57. The number of piperidine rings is 1. The first-order valence-electron chi connectivity index (χ1n) is 10.4. The molecular weight excluding hydrogens is 513 g/mol. The number of nitrogens with one attached hydrogen (secondary N) is 3. The van der Waals surface area contributed by atoms with Crippen LogP contribution in [-0.4, -0.2) is 62.7 Å². The van der Waals surface area contributed by atoms with Gasteiger partial charge < -0.3 is 16.0 Å². The van der Waals surface area contributed by atoms with Gasteiger partial charge in [0.2, 0.25) is 10.0 Å². The molecule has 0 saturated carbocycles. The molecule has 1 aliphatic heterocycles. The second-order valence-corrected chi connectivity index (χ2v) is 10.6. The van der Waals surface area contributed by atoms with Crippen molar-refractivity contribution < 1.29 is 8.42 Å². The van der Waals surface area contributed by atoms with E-state index in [9.17, 15) is 8.42 Å². The number of sulfonamides is 1. The van der Waals surface area contributed by atoms with E-state index in [0.717, 1.165) is 18.8 Å². The number of halogens is 1. The molecule has 7 nitrogen and oxygen atoms in total. The van der Waals surface area contributed by atoms with E-state index in [1.807, 2.05) is 6.07 Å². The number of rotatable bonds is 8. The summed E-state index contributed by atoms with van der Waals surface area (Å²) in [5, 5.41) is 10.5. The molecule has 1 aliphatic rings. The molecule has 1 saturated heterocycles. The SMILES string of the molecule is CCS(=O)(=O)N1CCC(NC(=NC)NCC(C)(C)NC(C)c2ccccc2)CC1.I. The van der Waals surface area contributed by atoms with Crippen molar-refractivity contribution in [2.75, 3.05) is 32.4 Å². The fraction of sp³-hybridized carbons (Fsp3) is 0.667. The van der Waals surface area contributed by atoms with Crippen molar-refractivity contribution in [2.45, 2.75) is 58.2 Å². The highest BCUT2D eigenvalue weighted by atomic mass is 127. The molecule has 1 aromatic rings. The van der Waals surface area contributed by atoms with Gasteiger partial charge in [0.05, 0.1) is 5.75 Å². The highest BCUT2D eigenvalue weighted by molar-refractivity contribution is 14.0. The molecule has 30 heavy (non-hydrogen) atoms. The molecule has 172 valence electrons. The molecule has 1 heterocycles. The van der Waals surface area contributed by atoms with Crippen molar-refractivity contribution >= 4 is 40.0 Å². The Morgan fingerprint density at radius 3 is 2.37 bits per heavy atom. The Kier molecular flexibility index (Phi) is 11.0. The molecule has 9 heteroatoms. The van der Waals surface area contributed by atoms with E-state index in [0.29, 0.717) is 19.6 Å². The number of guanidine groups is 1. The zero-order chi connectivity index (χ0) is 21.5. The van der Waals surface area contributed by atoms with Crippen molar-refractivity contribution in [3.05, 3.63) is 35.9 Å². The first kappa shape index (κ1) is 27.1. The minimum atomic E-state index is -3.09. The maximum Gasteiger partial charge on any atom is 0.213 e. The summed E-state index contributed by atoms with van der Waals surface area (Å²) in [4.78, 5) is 4.34.